The first-order valence-corrected chi connectivity index (χ1v) is 10.8. The molecule has 4 N–H and O–H groups in total. The number of nitrogens with one attached hydrogen (secondary N) is 4. The van der Waals surface area contributed by atoms with Crippen LogP contribution in [0.4, 0.5) is 0 Å². The van der Waals surface area contributed by atoms with Crippen LogP contribution in [-0.4, -0.2) is 33.2 Å². The van der Waals surface area contributed by atoms with Crippen LogP contribution < -0.4 is 16.3 Å². The van der Waals surface area contributed by atoms with Crippen molar-refractivity contribution in [2.75, 3.05) is 0 Å². The van der Waals surface area contributed by atoms with Gasteiger partial charge in [0.05, 0.1) is 11.6 Å². The first-order valence-electron chi connectivity index (χ1n) is 10.8. The lowest BCUT2D eigenvalue weighted by molar-refractivity contribution is -0.123. The zero-order valence-electron chi connectivity index (χ0n) is 18.4. The Morgan fingerprint density at radius 1 is 0.886 bits per heavy atom. The van der Waals surface area contributed by atoms with Gasteiger partial charge in [0.1, 0.15) is 5.69 Å². The van der Waals surface area contributed by atoms with Gasteiger partial charge in [-0.1, -0.05) is 54.6 Å². The molecular weight excluding hydrogens is 444 g/mol. The molecular formula is C26H20N6O3. The van der Waals surface area contributed by atoms with Crippen LogP contribution >= 0.6 is 0 Å². The van der Waals surface area contributed by atoms with E-state index < -0.39 is 23.4 Å². The molecule has 0 unspecified atom stereocenters. The van der Waals surface area contributed by atoms with Crippen molar-refractivity contribution < 1.29 is 9.59 Å². The Hall–Kier alpha value is -5.05. The third-order valence-corrected chi connectivity index (χ3v) is 5.57. The van der Waals surface area contributed by atoms with Crippen molar-refractivity contribution in [1.29, 1.82) is 0 Å². The van der Waals surface area contributed by atoms with E-state index in [9.17, 15) is 14.4 Å². The minimum Gasteiger partial charge on any atom is -0.361 e. The lowest BCUT2D eigenvalue weighted by atomic mass is 10.0. The molecule has 2 heterocycles. The summed E-state index contributed by atoms with van der Waals surface area (Å²) in [5.41, 5.74) is 4.40. The number of hydrogen-bond acceptors (Lipinski definition) is 5. The molecule has 0 saturated heterocycles. The monoisotopic (exact) mass is 464 g/mol. The quantitative estimate of drug-likeness (QED) is 0.227. The molecule has 0 saturated carbocycles. The second-order valence-electron chi connectivity index (χ2n) is 7.78. The van der Waals surface area contributed by atoms with E-state index in [0.29, 0.717) is 16.3 Å². The molecule has 1 atom stereocenters. The number of carbonyl (C=O) groups excluding carboxylic acids is 2. The van der Waals surface area contributed by atoms with Gasteiger partial charge in [-0.05, 0) is 24.3 Å². The SMILES string of the molecule is O=C(N[C@H](C(=O)N/N=C\c1c[nH]c2ccccc12)c1n[nH]c(=O)c2ccccc12)c1ccccc1. The Morgan fingerprint density at radius 3 is 2.37 bits per heavy atom. The molecule has 0 spiro atoms. The molecule has 9 heteroatoms. The standard InChI is InChI=1S/C26H20N6O3/c33-24(16-8-2-1-3-9-16)29-23(22-19-11-4-5-12-20(19)25(34)32-30-22)26(35)31-28-15-17-14-27-21-13-7-6-10-18(17)21/h1-15,23,27H,(H,29,33)(H,31,35)(H,32,34)/b28-15-/t23-/m0/s1. The lowest BCUT2D eigenvalue weighted by Crippen LogP contribution is -2.40. The van der Waals surface area contributed by atoms with Crippen molar-refractivity contribution in [3.8, 4) is 0 Å². The molecule has 5 rings (SSSR count). The number of benzene rings is 3. The summed E-state index contributed by atoms with van der Waals surface area (Å²) < 4.78 is 0. The van der Waals surface area contributed by atoms with Crippen molar-refractivity contribution in [2.24, 2.45) is 5.10 Å². The first-order chi connectivity index (χ1) is 17.1. The summed E-state index contributed by atoms with van der Waals surface area (Å²) in [7, 11) is 0. The van der Waals surface area contributed by atoms with Gasteiger partial charge in [-0.25, -0.2) is 10.5 Å². The first kappa shape index (κ1) is 21.8. The Bertz CT molecular complexity index is 1620. The molecule has 172 valence electrons. The highest BCUT2D eigenvalue weighted by Crippen LogP contribution is 2.21. The van der Waals surface area contributed by atoms with Crippen molar-refractivity contribution >= 4 is 39.7 Å². The molecule has 0 bridgehead atoms. The maximum absolute atomic E-state index is 13.3. The molecule has 0 aliphatic rings. The fraction of sp³-hybridized carbons (Fsp3) is 0.0385. The summed E-state index contributed by atoms with van der Waals surface area (Å²) in [6.45, 7) is 0. The molecule has 0 aliphatic heterocycles. The highest BCUT2D eigenvalue weighted by atomic mass is 16.2. The zero-order chi connectivity index (χ0) is 24.2. The maximum atomic E-state index is 13.3. The van der Waals surface area contributed by atoms with E-state index in [0.717, 1.165) is 16.5 Å². The van der Waals surface area contributed by atoms with Crippen LogP contribution in [-0.2, 0) is 4.79 Å². The Labute approximate surface area is 198 Å². The highest BCUT2D eigenvalue weighted by Gasteiger charge is 2.27. The number of fused-ring (bicyclic) bond motifs is 2. The average molecular weight is 464 g/mol. The maximum Gasteiger partial charge on any atom is 0.272 e. The van der Waals surface area contributed by atoms with Crippen LogP contribution in [0.15, 0.2) is 95.0 Å². The summed E-state index contributed by atoms with van der Waals surface area (Å²) in [6, 6.07) is 21.8. The summed E-state index contributed by atoms with van der Waals surface area (Å²) in [5.74, 6) is -1.08. The number of amides is 2. The topological polar surface area (TPSA) is 132 Å². The number of para-hydroxylation sites is 1. The van der Waals surface area contributed by atoms with Crippen LogP contribution in [0.1, 0.15) is 27.7 Å². The van der Waals surface area contributed by atoms with Gasteiger partial charge in [0.15, 0.2) is 6.04 Å². The summed E-state index contributed by atoms with van der Waals surface area (Å²) in [4.78, 5) is 41.5. The number of hydrogen-bond donors (Lipinski definition) is 4. The molecule has 5 aromatic rings. The third-order valence-electron chi connectivity index (χ3n) is 5.57. The summed E-state index contributed by atoms with van der Waals surface area (Å²) in [5, 5.41) is 15.1. The van der Waals surface area contributed by atoms with Gasteiger partial charge >= 0.3 is 0 Å². The van der Waals surface area contributed by atoms with Crippen LogP contribution in [0, 0.1) is 0 Å². The minimum atomic E-state index is -1.22. The van der Waals surface area contributed by atoms with E-state index in [2.05, 4.69) is 31.0 Å². The number of H-pyrrole nitrogens is 2. The smallest absolute Gasteiger partial charge is 0.272 e. The van der Waals surface area contributed by atoms with E-state index >= 15 is 0 Å². The second kappa shape index (κ2) is 9.44. The average Bonchev–Trinajstić information content (AvgIpc) is 3.31. The fourth-order valence-electron chi connectivity index (χ4n) is 3.85. The fourth-order valence-corrected chi connectivity index (χ4v) is 3.85. The lowest BCUT2D eigenvalue weighted by Gasteiger charge is -2.18. The van der Waals surface area contributed by atoms with E-state index in [1.54, 1.807) is 60.8 Å². The summed E-state index contributed by atoms with van der Waals surface area (Å²) in [6.07, 6.45) is 3.30. The van der Waals surface area contributed by atoms with Gasteiger partial charge in [-0.3, -0.25) is 14.4 Å². The van der Waals surface area contributed by atoms with Crippen LogP contribution in [0.25, 0.3) is 21.7 Å². The van der Waals surface area contributed by atoms with Crippen LogP contribution in [0.2, 0.25) is 0 Å². The number of nitrogens with zero attached hydrogens (tertiary/aromatic N) is 2. The molecule has 3 aromatic carbocycles. The molecule has 0 aliphatic carbocycles. The Morgan fingerprint density at radius 2 is 1.57 bits per heavy atom. The molecule has 35 heavy (non-hydrogen) atoms. The van der Waals surface area contributed by atoms with Gasteiger partial charge in [-0.15, -0.1) is 0 Å². The molecule has 2 aromatic heterocycles. The van der Waals surface area contributed by atoms with E-state index in [1.807, 2.05) is 24.3 Å². The number of aromatic nitrogens is 3. The molecule has 2 amide bonds. The predicted molar refractivity (Wildman–Crippen MR) is 133 cm³/mol. The van der Waals surface area contributed by atoms with Crippen molar-refractivity contribution in [1.82, 2.24) is 25.9 Å². The molecule has 0 fully saturated rings. The van der Waals surface area contributed by atoms with Crippen LogP contribution in [0.3, 0.4) is 0 Å². The summed E-state index contributed by atoms with van der Waals surface area (Å²) >= 11 is 0. The predicted octanol–water partition coefficient (Wildman–Crippen LogP) is 3.03. The van der Waals surface area contributed by atoms with Gasteiger partial charge in [-0.2, -0.15) is 10.2 Å². The van der Waals surface area contributed by atoms with Crippen molar-refractivity contribution in [3.05, 3.63) is 112 Å². The normalized spacial score (nSPS) is 12.1. The number of rotatable bonds is 6. The van der Waals surface area contributed by atoms with Crippen molar-refractivity contribution in [3.63, 3.8) is 0 Å². The van der Waals surface area contributed by atoms with Crippen molar-refractivity contribution in [2.45, 2.75) is 6.04 Å². The van der Waals surface area contributed by atoms with Crippen LogP contribution in [0.5, 0.6) is 0 Å². The van der Waals surface area contributed by atoms with Gasteiger partial charge < -0.3 is 10.3 Å². The van der Waals surface area contributed by atoms with Gasteiger partial charge in [0.2, 0.25) is 0 Å². The van der Waals surface area contributed by atoms with E-state index in [-0.39, 0.29) is 5.69 Å². The highest BCUT2D eigenvalue weighted by molar-refractivity contribution is 6.01. The van der Waals surface area contributed by atoms with E-state index in [1.165, 1.54) is 6.21 Å². The van der Waals surface area contributed by atoms with Gasteiger partial charge in [0.25, 0.3) is 17.4 Å². The Balaban J connectivity index is 1.47. The minimum absolute atomic E-state index is 0.198. The largest absolute Gasteiger partial charge is 0.361 e. The van der Waals surface area contributed by atoms with E-state index in [4.69, 9.17) is 0 Å². The molecule has 9 nitrogen and oxygen atoms in total. The number of aromatic amines is 2. The molecule has 0 radical (unpaired) electrons. The third kappa shape index (κ3) is 4.42. The zero-order valence-corrected chi connectivity index (χ0v) is 18.4. The Kier molecular flexibility index (Phi) is 5.87. The van der Waals surface area contributed by atoms with Gasteiger partial charge in [0, 0.05) is 33.6 Å². The number of carbonyl (C=O) groups is 2. The second-order valence-corrected chi connectivity index (χ2v) is 7.78. The number of hydrazone groups is 1.